The monoisotopic (exact) mass is 247 g/mol. The van der Waals surface area contributed by atoms with E-state index in [-0.39, 0.29) is 0 Å². The number of benzene rings is 1. The summed E-state index contributed by atoms with van der Waals surface area (Å²) in [5, 5.41) is 6.21. The molecular formula is C13H17N3O2. The predicted octanol–water partition coefficient (Wildman–Crippen LogP) is 1.05. The molecule has 1 rings (SSSR count). The number of nitrogens with zero attached hydrogens (tertiary/aromatic N) is 1. The van der Waals surface area contributed by atoms with Crippen LogP contribution < -0.4 is 10.7 Å². The summed E-state index contributed by atoms with van der Waals surface area (Å²) < 4.78 is 0. The molecule has 0 atom stereocenters. The Hall–Kier alpha value is -2.17. The van der Waals surface area contributed by atoms with Crippen molar-refractivity contribution in [3.05, 3.63) is 35.9 Å². The average molecular weight is 247 g/mol. The minimum absolute atomic E-state index is 0.505. The van der Waals surface area contributed by atoms with Gasteiger partial charge in [0.2, 0.25) is 0 Å². The van der Waals surface area contributed by atoms with Gasteiger partial charge in [0.25, 0.3) is 0 Å². The average Bonchev–Trinajstić information content (AvgIpc) is 2.40. The van der Waals surface area contributed by atoms with Gasteiger partial charge in [0.05, 0.1) is 6.21 Å². The lowest BCUT2D eigenvalue weighted by molar-refractivity contribution is -0.139. The Balaban J connectivity index is 2.32. The van der Waals surface area contributed by atoms with E-state index >= 15 is 0 Å². The molecule has 0 fully saturated rings. The summed E-state index contributed by atoms with van der Waals surface area (Å²) in [6.07, 6.45) is 3.30. The van der Waals surface area contributed by atoms with Crippen LogP contribution in [0.25, 0.3) is 0 Å². The second-order valence-electron chi connectivity index (χ2n) is 3.72. The van der Waals surface area contributed by atoms with E-state index in [4.69, 9.17) is 0 Å². The lowest BCUT2D eigenvalue weighted by Crippen LogP contribution is -2.38. The van der Waals surface area contributed by atoms with Gasteiger partial charge in [0.1, 0.15) is 0 Å². The van der Waals surface area contributed by atoms with Crippen molar-refractivity contribution in [2.75, 3.05) is 6.54 Å². The zero-order valence-electron chi connectivity index (χ0n) is 10.3. The molecule has 0 aliphatic heterocycles. The van der Waals surface area contributed by atoms with Crippen molar-refractivity contribution in [1.82, 2.24) is 10.7 Å². The standard InChI is InChI=1S/C13H17N3O2/c1-2-3-9-14-12(17)13(18)16-15-10-11-7-5-4-6-8-11/h4-8,10H,2-3,9H2,1H3,(H,14,17)(H,16,18). The van der Waals surface area contributed by atoms with E-state index in [1.54, 1.807) is 0 Å². The van der Waals surface area contributed by atoms with Crippen molar-refractivity contribution in [3.8, 4) is 0 Å². The Bertz CT molecular complexity index is 416. The molecule has 1 aromatic rings. The van der Waals surface area contributed by atoms with Crippen LogP contribution in [0.3, 0.4) is 0 Å². The van der Waals surface area contributed by atoms with Crippen molar-refractivity contribution in [2.24, 2.45) is 5.10 Å². The Kier molecular flexibility index (Phi) is 6.17. The fourth-order valence-corrected chi connectivity index (χ4v) is 1.21. The third-order valence-electron chi connectivity index (χ3n) is 2.20. The molecule has 5 nitrogen and oxygen atoms in total. The number of rotatable bonds is 5. The molecule has 0 aliphatic rings. The molecule has 1 aromatic carbocycles. The van der Waals surface area contributed by atoms with E-state index < -0.39 is 11.8 Å². The number of unbranched alkanes of at least 4 members (excludes halogenated alkanes) is 1. The summed E-state index contributed by atoms with van der Waals surface area (Å²) in [7, 11) is 0. The van der Waals surface area contributed by atoms with Crippen LogP contribution in [-0.4, -0.2) is 24.6 Å². The SMILES string of the molecule is CCCCNC(=O)C(=O)NN=Cc1ccccc1. The molecule has 18 heavy (non-hydrogen) atoms. The number of hydrazone groups is 1. The van der Waals surface area contributed by atoms with E-state index in [0.29, 0.717) is 6.54 Å². The Morgan fingerprint density at radius 2 is 1.94 bits per heavy atom. The van der Waals surface area contributed by atoms with Gasteiger partial charge in [-0.05, 0) is 12.0 Å². The summed E-state index contributed by atoms with van der Waals surface area (Å²) in [5.41, 5.74) is 3.03. The van der Waals surface area contributed by atoms with E-state index in [1.807, 2.05) is 37.3 Å². The van der Waals surface area contributed by atoms with Gasteiger partial charge in [-0.25, -0.2) is 5.43 Å². The highest BCUT2D eigenvalue weighted by Crippen LogP contribution is 1.93. The highest BCUT2D eigenvalue weighted by Gasteiger charge is 2.10. The fraction of sp³-hybridized carbons (Fsp3) is 0.308. The summed E-state index contributed by atoms with van der Waals surface area (Å²) in [5.74, 6) is -1.41. The molecule has 0 aromatic heterocycles. The third kappa shape index (κ3) is 5.25. The van der Waals surface area contributed by atoms with Crippen molar-refractivity contribution in [3.63, 3.8) is 0 Å². The van der Waals surface area contributed by atoms with Crippen LogP contribution in [0.1, 0.15) is 25.3 Å². The first-order valence-electron chi connectivity index (χ1n) is 5.90. The first-order chi connectivity index (χ1) is 8.74. The summed E-state index contributed by atoms with van der Waals surface area (Å²) in [6, 6.07) is 9.30. The first-order valence-corrected chi connectivity index (χ1v) is 5.90. The maximum atomic E-state index is 11.3. The fourth-order valence-electron chi connectivity index (χ4n) is 1.21. The maximum Gasteiger partial charge on any atom is 0.329 e. The van der Waals surface area contributed by atoms with Gasteiger partial charge in [-0.3, -0.25) is 9.59 Å². The molecule has 0 radical (unpaired) electrons. The van der Waals surface area contributed by atoms with Crippen molar-refractivity contribution < 1.29 is 9.59 Å². The molecule has 2 amide bonds. The van der Waals surface area contributed by atoms with Crippen LogP contribution in [0.5, 0.6) is 0 Å². The smallest absolute Gasteiger partial charge is 0.329 e. The molecule has 5 heteroatoms. The Labute approximate surface area is 106 Å². The van der Waals surface area contributed by atoms with Gasteiger partial charge in [-0.2, -0.15) is 5.10 Å². The number of carbonyl (C=O) groups is 2. The summed E-state index contributed by atoms with van der Waals surface area (Å²) >= 11 is 0. The van der Waals surface area contributed by atoms with Gasteiger partial charge >= 0.3 is 11.8 Å². The second-order valence-corrected chi connectivity index (χ2v) is 3.72. The van der Waals surface area contributed by atoms with Crippen LogP contribution in [0.15, 0.2) is 35.4 Å². The highest BCUT2D eigenvalue weighted by molar-refractivity contribution is 6.35. The van der Waals surface area contributed by atoms with Gasteiger partial charge in [0.15, 0.2) is 0 Å². The van der Waals surface area contributed by atoms with Crippen molar-refractivity contribution in [2.45, 2.75) is 19.8 Å². The largest absolute Gasteiger partial charge is 0.348 e. The van der Waals surface area contributed by atoms with Gasteiger partial charge in [-0.1, -0.05) is 43.7 Å². The molecule has 0 bridgehead atoms. The van der Waals surface area contributed by atoms with Gasteiger partial charge < -0.3 is 5.32 Å². The summed E-state index contributed by atoms with van der Waals surface area (Å²) in [6.45, 7) is 2.52. The zero-order chi connectivity index (χ0) is 13.2. The lowest BCUT2D eigenvalue weighted by atomic mass is 10.2. The molecule has 0 heterocycles. The van der Waals surface area contributed by atoms with Crippen LogP contribution in [0.2, 0.25) is 0 Å². The predicted molar refractivity (Wildman–Crippen MR) is 70.1 cm³/mol. The zero-order valence-corrected chi connectivity index (χ0v) is 10.3. The van der Waals surface area contributed by atoms with Crippen molar-refractivity contribution in [1.29, 1.82) is 0 Å². The van der Waals surface area contributed by atoms with Crippen LogP contribution in [0.4, 0.5) is 0 Å². The number of amides is 2. The Morgan fingerprint density at radius 3 is 2.61 bits per heavy atom. The lowest BCUT2D eigenvalue weighted by Gasteiger charge is -2.01. The van der Waals surface area contributed by atoms with Crippen molar-refractivity contribution >= 4 is 18.0 Å². The number of hydrogen-bond donors (Lipinski definition) is 2. The number of nitrogens with one attached hydrogen (secondary N) is 2. The quantitative estimate of drug-likeness (QED) is 0.353. The van der Waals surface area contributed by atoms with E-state index in [1.165, 1.54) is 6.21 Å². The molecule has 96 valence electrons. The minimum Gasteiger partial charge on any atom is -0.348 e. The first kappa shape index (κ1) is 13.9. The molecule has 0 aliphatic carbocycles. The Morgan fingerprint density at radius 1 is 1.22 bits per heavy atom. The molecule has 0 saturated carbocycles. The van der Waals surface area contributed by atoms with Gasteiger partial charge in [-0.15, -0.1) is 0 Å². The molecular weight excluding hydrogens is 230 g/mol. The van der Waals surface area contributed by atoms with Crippen LogP contribution in [0, 0.1) is 0 Å². The number of hydrogen-bond acceptors (Lipinski definition) is 3. The highest BCUT2D eigenvalue weighted by atomic mass is 16.2. The summed E-state index contributed by atoms with van der Waals surface area (Å²) in [4.78, 5) is 22.6. The van der Waals surface area contributed by atoms with Crippen LogP contribution in [-0.2, 0) is 9.59 Å². The molecule has 2 N–H and O–H groups in total. The van der Waals surface area contributed by atoms with E-state index in [9.17, 15) is 9.59 Å². The van der Waals surface area contributed by atoms with E-state index in [2.05, 4.69) is 15.8 Å². The normalized spacial score (nSPS) is 10.3. The molecule has 0 spiro atoms. The third-order valence-corrected chi connectivity index (χ3v) is 2.20. The van der Waals surface area contributed by atoms with E-state index in [0.717, 1.165) is 18.4 Å². The molecule has 0 unspecified atom stereocenters. The second kappa shape index (κ2) is 8.00. The minimum atomic E-state index is -0.752. The number of carbonyl (C=O) groups excluding carboxylic acids is 2. The van der Waals surface area contributed by atoms with Gasteiger partial charge in [0, 0.05) is 6.54 Å². The topological polar surface area (TPSA) is 70.6 Å². The van der Waals surface area contributed by atoms with Crippen LogP contribution >= 0.6 is 0 Å². The molecule has 0 saturated heterocycles. The maximum absolute atomic E-state index is 11.3.